The minimum absolute atomic E-state index is 0.0927. The fraction of sp³-hybridized carbons (Fsp3) is 0.909. The van der Waals surface area contributed by atoms with Crippen LogP contribution in [-0.2, 0) is 14.3 Å². The van der Waals surface area contributed by atoms with Crippen molar-refractivity contribution in [3.05, 3.63) is 0 Å². The molecule has 0 aromatic rings. The van der Waals surface area contributed by atoms with Crippen LogP contribution in [0.3, 0.4) is 0 Å². The molecule has 0 rings (SSSR count). The molecular formula is C22H42O3. The van der Waals surface area contributed by atoms with Crippen LogP contribution in [0, 0.1) is 0 Å². The fourth-order valence-electron chi connectivity index (χ4n) is 2.98. The normalized spacial score (nSPS) is 12.1. The van der Waals surface area contributed by atoms with E-state index in [0.29, 0.717) is 6.42 Å². The van der Waals surface area contributed by atoms with Gasteiger partial charge in [-0.15, -0.1) is 0 Å². The first kappa shape index (κ1) is 24.1. The SMILES string of the molecule is CCCCCCCCCCCCCCCCCC(=O)O[C@@H](C)C(C)=O. The number of hydrogen-bond acceptors (Lipinski definition) is 3. The fourth-order valence-corrected chi connectivity index (χ4v) is 2.98. The van der Waals surface area contributed by atoms with E-state index in [9.17, 15) is 9.59 Å². The van der Waals surface area contributed by atoms with E-state index in [1.54, 1.807) is 6.92 Å². The number of ether oxygens (including phenoxy) is 1. The van der Waals surface area contributed by atoms with Crippen molar-refractivity contribution >= 4 is 11.8 Å². The molecule has 148 valence electrons. The summed E-state index contributed by atoms with van der Waals surface area (Å²) in [5.41, 5.74) is 0. The van der Waals surface area contributed by atoms with Crippen molar-refractivity contribution in [2.24, 2.45) is 0 Å². The zero-order chi connectivity index (χ0) is 18.8. The quantitative estimate of drug-likeness (QED) is 0.201. The van der Waals surface area contributed by atoms with E-state index >= 15 is 0 Å². The molecule has 0 fully saturated rings. The van der Waals surface area contributed by atoms with Crippen molar-refractivity contribution in [1.82, 2.24) is 0 Å². The smallest absolute Gasteiger partial charge is 0.306 e. The van der Waals surface area contributed by atoms with E-state index in [4.69, 9.17) is 4.74 Å². The molecule has 0 amide bonds. The molecule has 0 bridgehead atoms. The highest BCUT2D eigenvalue weighted by molar-refractivity contribution is 5.83. The number of carbonyl (C=O) groups excluding carboxylic acids is 2. The van der Waals surface area contributed by atoms with Gasteiger partial charge < -0.3 is 4.74 Å². The summed E-state index contributed by atoms with van der Waals surface area (Å²) in [6.45, 7) is 5.35. The number of Topliss-reactive ketones (excluding diaryl/α,β-unsaturated/α-hetero) is 1. The van der Waals surface area contributed by atoms with Gasteiger partial charge in [-0.2, -0.15) is 0 Å². The molecule has 1 atom stereocenters. The summed E-state index contributed by atoms with van der Waals surface area (Å²) in [6, 6.07) is 0. The number of carbonyl (C=O) groups is 2. The van der Waals surface area contributed by atoms with Crippen LogP contribution in [0.4, 0.5) is 0 Å². The Hall–Kier alpha value is -0.860. The average Bonchev–Trinajstić information content (AvgIpc) is 2.58. The van der Waals surface area contributed by atoms with E-state index in [1.807, 2.05) is 0 Å². The van der Waals surface area contributed by atoms with Crippen LogP contribution in [0.15, 0.2) is 0 Å². The van der Waals surface area contributed by atoms with Crippen molar-refractivity contribution in [1.29, 1.82) is 0 Å². The molecule has 0 unspecified atom stereocenters. The maximum absolute atomic E-state index is 11.5. The number of unbranched alkanes of at least 4 members (excludes halogenated alkanes) is 14. The number of hydrogen-bond donors (Lipinski definition) is 0. The Bertz CT molecular complexity index is 325. The molecule has 0 radical (unpaired) electrons. The Morgan fingerprint density at radius 1 is 0.680 bits per heavy atom. The first-order valence-corrected chi connectivity index (χ1v) is 10.8. The monoisotopic (exact) mass is 354 g/mol. The van der Waals surface area contributed by atoms with Crippen molar-refractivity contribution in [3.63, 3.8) is 0 Å². The van der Waals surface area contributed by atoms with Gasteiger partial charge >= 0.3 is 5.97 Å². The lowest BCUT2D eigenvalue weighted by Crippen LogP contribution is -2.21. The summed E-state index contributed by atoms with van der Waals surface area (Å²) in [5, 5.41) is 0. The van der Waals surface area contributed by atoms with Gasteiger partial charge in [-0.3, -0.25) is 9.59 Å². The highest BCUT2D eigenvalue weighted by Gasteiger charge is 2.12. The van der Waals surface area contributed by atoms with Crippen LogP contribution in [0.1, 0.15) is 124 Å². The molecule has 0 aliphatic rings. The first-order chi connectivity index (χ1) is 12.1. The third-order valence-corrected chi connectivity index (χ3v) is 4.87. The predicted octanol–water partition coefficient (Wildman–Crippen LogP) is 6.77. The summed E-state index contributed by atoms with van der Waals surface area (Å²) < 4.78 is 5.04. The van der Waals surface area contributed by atoms with Gasteiger partial charge in [-0.05, 0) is 20.3 Å². The van der Waals surface area contributed by atoms with Crippen molar-refractivity contribution in [2.75, 3.05) is 0 Å². The predicted molar refractivity (Wildman–Crippen MR) is 106 cm³/mol. The molecule has 3 nitrogen and oxygen atoms in total. The Morgan fingerprint density at radius 3 is 1.40 bits per heavy atom. The van der Waals surface area contributed by atoms with Crippen LogP contribution >= 0.6 is 0 Å². The van der Waals surface area contributed by atoms with Crippen LogP contribution in [0.2, 0.25) is 0 Å². The highest BCUT2D eigenvalue weighted by Crippen LogP contribution is 2.14. The Kier molecular flexibility index (Phi) is 17.3. The van der Waals surface area contributed by atoms with Crippen LogP contribution in [0.25, 0.3) is 0 Å². The Balaban J connectivity index is 3.19. The van der Waals surface area contributed by atoms with Gasteiger partial charge in [0.2, 0.25) is 0 Å². The van der Waals surface area contributed by atoms with Crippen molar-refractivity contribution < 1.29 is 14.3 Å². The topological polar surface area (TPSA) is 43.4 Å². The molecule has 0 saturated carbocycles. The Labute approximate surface area is 156 Å². The van der Waals surface area contributed by atoms with Crippen LogP contribution in [0.5, 0.6) is 0 Å². The second kappa shape index (κ2) is 17.9. The maximum Gasteiger partial charge on any atom is 0.306 e. The lowest BCUT2D eigenvalue weighted by molar-refractivity contribution is -0.153. The molecule has 3 heteroatoms. The molecular weight excluding hydrogens is 312 g/mol. The largest absolute Gasteiger partial charge is 0.455 e. The van der Waals surface area contributed by atoms with Gasteiger partial charge in [-0.1, -0.05) is 96.8 Å². The van der Waals surface area contributed by atoms with Crippen LogP contribution in [-0.4, -0.2) is 17.9 Å². The van der Waals surface area contributed by atoms with Gasteiger partial charge in [0.25, 0.3) is 0 Å². The van der Waals surface area contributed by atoms with E-state index in [0.717, 1.165) is 12.8 Å². The van der Waals surface area contributed by atoms with Gasteiger partial charge in [0.1, 0.15) is 0 Å². The summed E-state index contributed by atoms with van der Waals surface area (Å²) in [6.07, 6.45) is 19.6. The van der Waals surface area contributed by atoms with Gasteiger partial charge in [0.05, 0.1) is 0 Å². The molecule has 0 saturated heterocycles. The van der Waals surface area contributed by atoms with E-state index < -0.39 is 6.10 Å². The number of esters is 1. The lowest BCUT2D eigenvalue weighted by Gasteiger charge is -2.09. The van der Waals surface area contributed by atoms with Crippen LogP contribution < -0.4 is 0 Å². The molecule has 25 heavy (non-hydrogen) atoms. The number of rotatable bonds is 18. The summed E-state index contributed by atoms with van der Waals surface area (Å²) >= 11 is 0. The minimum atomic E-state index is -0.594. The van der Waals surface area contributed by atoms with E-state index in [2.05, 4.69) is 6.92 Å². The Morgan fingerprint density at radius 2 is 1.04 bits per heavy atom. The summed E-state index contributed by atoms with van der Waals surface area (Å²) in [7, 11) is 0. The second-order valence-electron chi connectivity index (χ2n) is 7.44. The zero-order valence-corrected chi connectivity index (χ0v) is 17.1. The standard InChI is InChI=1S/C22H42O3/c1-4-5-6-7-8-9-10-11-12-13-14-15-16-17-18-19-22(24)25-21(3)20(2)23/h21H,4-19H2,1-3H3/t21-/m0/s1. The van der Waals surface area contributed by atoms with Crippen molar-refractivity contribution in [3.8, 4) is 0 Å². The maximum atomic E-state index is 11.5. The van der Waals surface area contributed by atoms with E-state index in [1.165, 1.54) is 90.4 Å². The minimum Gasteiger partial charge on any atom is -0.455 e. The van der Waals surface area contributed by atoms with Gasteiger partial charge in [0.15, 0.2) is 11.9 Å². The average molecular weight is 355 g/mol. The molecule has 0 heterocycles. The van der Waals surface area contributed by atoms with E-state index in [-0.39, 0.29) is 11.8 Å². The molecule has 0 aliphatic carbocycles. The van der Waals surface area contributed by atoms with Crippen molar-refractivity contribution in [2.45, 2.75) is 130 Å². The second-order valence-corrected chi connectivity index (χ2v) is 7.44. The molecule has 0 aromatic heterocycles. The number of ketones is 1. The first-order valence-electron chi connectivity index (χ1n) is 10.8. The molecule has 0 aliphatic heterocycles. The third kappa shape index (κ3) is 17.7. The molecule has 0 aromatic carbocycles. The summed E-state index contributed by atoms with van der Waals surface area (Å²) in [5.74, 6) is -0.331. The third-order valence-electron chi connectivity index (χ3n) is 4.87. The lowest BCUT2D eigenvalue weighted by atomic mass is 10.0. The van der Waals surface area contributed by atoms with Gasteiger partial charge in [-0.25, -0.2) is 0 Å². The zero-order valence-electron chi connectivity index (χ0n) is 17.1. The van der Waals surface area contributed by atoms with Gasteiger partial charge in [0, 0.05) is 6.42 Å². The molecule has 0 spiro atoms. The highest BCUT2D eigenvalue weighted by atomic mass is 16.5. The summed E-state index contributed by atoms with van der Waals surface area (Å²) in [4.78, 5) is 22.5. The molecule has 0 N–H and O–H groups in total.